The molecule has 0 amide bonds. The van der Waals surface area contributed by atoms with Crippen molar-refractivity contribution < 1.29 is 0 Å². The number of anilines is 1. The first-order valence-corrected chi connectivity index (χ1v) is 6.80. The lowest BCUT2D eigenvalue weighted by atomic mass is 10.0. The number of hydrogen-bond acceptors (Lipinski definition) is 4. The molecule has 0 atom stereocenters. The number of rotatable bonds is 3. The van der Waals surface area contributed by atoms with Crippen molar-refractivity contribution >= 4 is 5.82 Å². The third kappa shape index (κ3) is 2.91. The van der Waals surface area contributed by atoms with Crippen LogP contribution in [0, 0.1) is 13.8 Å². The van der Waals surface area contributed by atoms with E-state index in [9.17, 15) is 0 Å². The second kappa shape index (κ2) is 5.36. The van der Waals surface area contributed by atoms with E-state index in [0.29, 0.717) is 5.82 Å². The zero-order chi connectivity index (χ0) is 14.8. The van der Waals surface area contributed by atoms with Crippen LogP contribution in [-0.4, -0.2) is 19.5 Å². The van der Waals surface area contributed by atoms with Crippen LogP contribution in [0.5, 0.6) is 0 Å². The zero-order valence-electron chi connectivity index (χ0n) is 12.1. The Morgan fingerprint density at radius 1 is 1.14 bits per heavy atom. The van der Waals surface area contributed by atoms with E-state index in [1.54, 1.807) is 6.33 Å². The highest BCUT2D eigenvalue weighted by atomic mass is 15.1. The largest absolute Gasteiger partial charge is 0.384 e. The van der Waals surface area contributed by atoms with E-state index in [1.165, 1.54) is 11.1 Å². The van der Waals surface area contributed by atoms with Crippen LogP contribution in [0.1, 0.15) is 22.5 Å². The second-order valence-electron chi connectivity index (χ2n) is 5.10. The molecule has 3 rings (SSSR count). The molecular weight excluding hydrogens is 262 g/mol. The molecule has 21 heavy (non-hydrogen) atoms. The second-order valence-corrected chi connectivity index (χ2v) is 5.10. The maximum Gasteiger partial charge on any atom is 0.138 e. The van der Waals surface area contributed by atoms with E-state index >= 15 is 0 Å². The third-order valence-corrected chi connectivity index (χ3v) is 3.40. The maximum absolute atomic E-state index is 5.69. The van der Waals surface area contributed by atoms with Crippen LogP contribution in [-0.2, 0) is 6.42 Å². The Morgan fingerprint density at radius 2 is 2.00 bits per heavy atom. The van der Waals surface area contributed by atoms with E-state index in [0.717, 1.165) is 23.6 Å². The van der Waals surface area contributed by atoms with Gasteiger partial charge in [0.25, 0.3) is 0 Å². The van der Waals surface area contributed by atoms with Crippen LogP contribution < -0.4 is 5.73 Å². The van der Waals surface area contributed by atoms with Crippen LogP contribution in [0.15, 0.2) is 43.0 Å². The summed E-state index contributed by atoms with van der Waals surface area (Å²) in [6, 6.07) is 7.95. The summed E-state index contributed by atoms with van der Waals surface area (Å²) in [6.07, 6.45) is 6.36. The summed E-state index contributed by atoms with van der Waals surface area (Å²) in [5.41, 5.74) is 9.98. The molecule has 0 aromatic carbocycles. The van der Waals surface area contributed by atoms with Gasteiger partial charge in [-0.05, 0) is 49.6 Å². The predicted octanol–water partition coefficient (Wildman–Crippen LogP) is 2.45. The molecule has 0 unspecified atom stereocenters. The number of hydrogen-bond donors (Lipinski definition) is 1. The summed E-state index contributed by atoms with van der Waals surface area (Å²) in [5.74, 6) is 1.43. The minimum atomic E-state index is 0.556. The predicted molar refractivity (Wildman–Crippen MR) is 82.3 cm³/mol. The molecule has 0 aliphatic carbocycles. The highest BCUT2D eigenvalue weighted by molar-refractivity contribution is 5.38. The van der Waals surface area contributed by atoms with Crippen LogP contribution in [0.25, 0.3) is 5.82 Å². The summed E-state index contributed by atoms with van der Waals surface area (Å²) in [4.78, 5) is 12.9. The Hall–Kier alpha value is -2.69. The highest BCUT2D eigenvalue weighted by Gasteiger charge is 2.05. The lowest BCUT2D eigenvalue weighted by molar-refractivity contribution is 0.977. The Kier molecular flexibility index (Phi) is 3.39. The number of nitrogens with two attached hydrogens (primary N) is 1. The summed E-state index contributed by atoms with van der Waals surface area (Å²) in [5, 5.41) is 0. The summed E-state index contributed by atoms with van der Waals surface area (Å²) >= 11 is 0. The molecule has 3 heterocycles. The van der Waals surface area contributed by atoms with Crippen molar-refractivity contribution in [3.8, 4) is 5.82 Å². The van der Waals surface area contributed by atoms with Gasteiger partial charge in [0.15, 0.2) is 0 Å². The summed E-state index contributed by atoms with van der Waals surface area (Å²) in [7, 11) is 0. The van der Waals surface area contributed by atoms with Crippen molar-refractivity contribution in [1.82, 2.24) is 19.5 Å². The molecule has 0 saturated carbocycles. The fourth-order valence-corrected chi connectivity index (χ4v) is 2.27. The lowest BCUT2D eigenvalue weighted by Gasteiger charge is -2.08. The van der Waals surface area contributed by atoms with Crippen LogP contribution in [0.3, 0.4) is 0 Å². The van der Waals surface area contributed by atoms with Gasteiger partial charge in [-0.2, -0.15) is 0 Å². The van der Waals surface area contributed by atoms with Crippen molar-refractivity contribution in [3.05, 3.63) is 65.5 Å². The number of nitrogen functional groups attached to an aromatic ring is 1. The minimum absolute atomic E-state index is 0.556. The van der Waals surface area contributed by atoms with Crippen molar-refractivity contribution in [3.63, 3.8) is 0 Å². The van der Waals surface area contributed by atoms with E-state index in [1.807, 2.05) is 49.0 Å². The zero-order valence-corrected chi connectivity index (χ0v) is 12.1. The van der Waals surface area contributed by atoms with Crippen molar-refractivity contribution in [2.75, 3.05) is 5.73 Å². The van der Waals surface area contributed by atoms with Gasteiger partial charge in [0, 0.05) is 18.1 Å². The summed E-state index contributed by atoms with van der Waals surface area (Å²) < 4.78 is 1.92. The Balaban J connectivity index is 1.89. The SMILES string of the molecule is Cc1cn(-c2cc(Cc3ccc(N)nc3C)ccn2)cn1. The van der Waals surface area contributed by atoms with Crippen molar-refractivity contribution in [1.29, 1.82) is 0 Å². The van der Waals surface area contributed by atoms with Gasteiger partial charge in [-0.1, -0.05) is 6.07 Å². The Bertz CT molecular complexity index is 776. The van der Waals surface area contributed by atoms with Gasteiger partial charge in [0.05, 0.1) is 5.69 Å². The Morgan fingerprint density at radius 3 is 2.71 bits per heavy atom. The first-order chi connectivity index (χ1) is 10.1. The van der Waals surface area contributed by atoms with Gasteiger partial charge >= 0.3 is 0 Å². The topological polar surface area (TPSA) is 69.6 Å². The van der Waals surface area contributed by atoms with Crippen molar-refractivity contribution in [2.45, 2.75) is 20.3 Å². The number of nitrogens with zero attached hydrogens (tertiary/aromatic N) is 4. The van der Waals surface area contributed by atoms with Crippen LogP contribution in [0.2, 0.25) is 0 Å². The molecule has 0 spiro atoms. The lowest BCUT2D eigenvalue weighted by Crippen LogP contribution is -2.00. The average Bonchev–Trinajstić information content (AvgIpc) is 2.89. The third-order valence-electron chi connectivity index (χ3n) is 3.40. The molecule has 0 saturated heterocycles. The van der Waals surface area contributed by atoms with E-state index in [2.05, 4.69) is 21.0 Å². The minimum Gasteiger partial charge on any atom is -0.384 e. The average molecular weight is 279 g/mol. The first kappa shape index (κ1) is 13.3. The molecule has 0 radical (unpaired) electrons. The van der Waals surface area contributed by atoms with Crippen molar-refractivity contribution in [2.24, 2.45) is 0 Å². The number of aromatic nitrogens is 4. The van der Waals surface area contributed by atoms with Gasteiger partial charge in [-0.3, -0.25) is 4.57 Å². The molecule has 0 bridgehead atoms. The van der Waals surface area contributed by atoms with E-state index < -0.39 is 0 Å². The molecule has 5 heteroatoms. The molecular formula is C16H17N5. The fourth-order valence-electron chi connectivity index (χ4n) is 2.27. The molecule has 2 N–H and O–H groups in total. The molecule has 0 aliphatic rings. The highest BCUT2D eigenvalue weighted by Crippen LogP contribution is 2.15. The molecule has 3 aromatic heterocycles. The number of aryl methyl sites for hydroxylation is 2. The fraction of sp³-hybridized carbons (Fsp3) is 0.188. The standard InChI is InChI=1S/C16H17N5/c1-11-9-21(10-19-11)16-8-13(5-6-18-16)7-14-3-4-15(17)20-12(14)2/h3-6,8-10H,7H2,1-2H3,(H2,17,20). The number of imidazole rings is 1. The number of pyridine rings is 2. The molecule has 3 aromatic rings. The van der Waals surface area contributed by atoms with Crippen LogP contribution >= 0.6 is 0 Å². The van der Waals surface area contributed by atoms with E-state index in [-0.39, 0.29) is 0 Å². The van der Waals surface area contributed by atoms with Gasteiger partial charge in [-0.25, -0.2) is 15.0 Å². The molecule has 0 aliphatic heterocycles. The maximum atomic E-state index is 5.69. The van der Waals surface area contributed by atoms with E-state index in [4.69, 9.17) is 5.73 Å². The summed E-state index contributed by atoms with van der Waals surface area (Å²) in [6.45, 7) is 3.94. The Labute approximate surface area is 123 Å². The van der Waals surface area contributed by atoms with Gasteiger partial charge in [0.1, 0.15) is 18.0 Å². The van der Waals surface area contributed by atoms with Gasteiger partial charge in [-0.15, -0.1) is 0 Å². The monoisotopic (exact) mass is 279 g/mol. The normalized spacial score (nSPS) is 10.8. The molecule has 106 valence electrons. The molecule has 5 nitrogen and oxygen atoms in total. The van der Waals surface area contributed by atoms with Crippen LogP contribution in [0.4, 0.5) is 5.82 Å². The van der Waals surface area contributed by atoms with Gasteiger partial charge < -0.3 is 5.73 Å². The first-order valence-electron chi connectivity index (χ1n) is 6.80. The molecule has 0 fully saturated rings. The smallest absolute Gasteiger partial charge is 0.138 e. The quantitative estimate of drug-likeness (QED) is 0.799. The van der Waals surface area contributed by atoms with Gasteiger partial charge in [0.2, 0.25) is 0 Å².